The Bertz CT molecular complexity index is 738. The summed E-state index contributed by atoms with van der Waals surface area (Å²) in [6.45, 7) is 1.70. The number of anilines is 1. The second-order valence-corrected chi connectivity index (χ2v) is 6.36. The molecule has 1 fully saturated rings. The number of likely N-dealkylation sites (tertiary alicyclic amines) is 1. The van der Waals surface area contributed by atoms with Crippen LogP contribution in [0.5, 0.6) is 0 Å². The maximum atomic E-state index is 12.6. The van der Waals surface area contributed by atoms with Crippen molar-refractivity contribution in [3.05, 3.63) is 65.7 Å². The van der Waals surface area contributed by atoms with Crippen LogP contribution < -0.4 is 11.1 Å². The van der Waals surface area contributed by atoms with E-state index in [-0.39, 0.29) is 17.7 Å². The summed E-state index contributed by atoms with van der Waals surface area (Å²) in [7, 11) is 0. The molecule has 0 saturated carbocycles. The zero-order chi connectivity index (χ0) is 17.6. The molecule has 3 N–H and O–H groups in total. The van der Waals surface area contributed by atoms with Crippen LogP contribution in [0.2, 0.25) is 0 Å². The van der Waals surface area contributed by atoms with Gasteiger partial charge in [-0.05, 0) is 30.5 Å². The normalized spacial score (nSPS) is 15.0. The summed E-state index contributed by atoms with van der Waals surface area (Å²) in [5.41, 5.74) is 8.01. The maximum Gasteiger partial charge on any atom is 0.255 e. The van der Waals surface area contributed by atoms with E-state index in [1.807, 2.05) is 42.5 Å². The lowest BCUT2D eigenvalue weighted by molar-refractivity contribution is -0.126. The minimum Gasteiger partial charge on any atom is -0.398 e. The third-order valence-electron chi connectivity index (χ3n) is 4.65. The van der Waals surface area contributed by atoms with E-state index in [1.165, 1.54) is 0 Å². The predicted molar refractivity (Wildman–Crippen MR) is 97.8 cm³/mol. The quantitative estimate of drug-likeness (QED) is 0.842. The molecule has 0 aliphatic carbocycles. The Labute approximate surface area is 147 Å². The molecule has 25 heavy (non-hydrogen) atoms. The van der Waals surface area contributed by atoms with Gasteiger partial charge in [0.15, 0.2) is 0 Å². The second kappa shape index (κ2) is 7.83. The van der Waals surface area contributed by atoms with Gasteiger partial charge in [0.25, 0.3) is 5.91 Å². The lowest BCUT2D eigenvalue weighted by Crippen LogP contribution is -2.43. The summed E-state index contributed by atoms with van der Waals surface area (Å²) < 4.78 is 0. The van der Waals surface area contributed by atoms with Gasteiger partial charge in [-0.25, -0.2) is 0 Å². The zero-order valence-corrected chi connectivity index (χ0v) is 14.2. The zero-order valence-electron chi connectivity index (χ0n) is 14.2. The van der Waals surface area contributed by atoms with Crippen LogP contribution in [0.4, 0.5) is 5.69 Å². The standard InChI is InChI=1S/C20H23N3O2/c21-18-9-5-4-8-17(18)20(25)23-12-10-16(11-13-23)19(24)22-14-15-6-2-1-3-7-15/h1-9,16H,10-14,21H2,(H,22,24). The highest BCUT2D eigenvalue weighted by molar-refractivity contribution is 5.99. The van der Waals surface area contributed by atoms with Gasteiger partial charge in [0, 0.05) is 31.2 Å². The molecule has 5 heteroatoms. The molecular weight excluding hydrogens is 314 g/mol. The van der Waals surface area contributed by atoms with Gasteiger partial charge in [-0.2, -0.15) is 0 Å². The molecule has 0 radical (unpaired) electrons. The number of para-hydroxylation sites is 1. The van der Waals surface area contributed by atoms with E-state index in [4.69, 9.17) is 5.73 Å². The molecule has 2 amide bonds. The molecule has 2 aromatic carbocycles. The van der Waals surface area contributed by atoms with Gasteiger partial charge in [0.2, 0.25) is 5.91 Å². The van der Waals surface area contributed by atoms with Crippen molar-refractivity contribution in [1.29, 1.82) is 0 Å². The Hall–Kier alpha value is -2.82. The molecule has 1 saturated heterocycles. The smallest absolute Gasteiger partial charge is 0.255 e. The van der Waals surface area contributed by atoms with Gasteiger partial charge in [-0.15, -0.1) is 0 Å². The fraction of sp³-hybridized carbons (Fsp3) is 0.300. The molecule has 0 atom stereocenters. The molecule has 3 rings (SSSR count). The molecule has 5 nitrogen and oxygen atoms in total. The van der Waals surface area contributed by atoms with Crippen LogP contribution in [-0.4, -0.2) is 29.8 Å². The molecular formula is C20H23N3O2. The maximum absolute atomic E-state index is 12.6. The summed E-state index contributed by atoms with van der Waals surface area (Å²) in [6.07, 6.45) is 1.36. The largest absolute Gasteiger partial charge is 0.398 e. The first kappa shape index (κ1) is 17.0. The highest BCUT2D eigenvalue weighted by Gasteiger charge is 2.28. The average Bonchev–Trinajstić information content (AvgIpc) is 2.67. The van der Waals surface area contributed by atoms with Crippen molar-refractivity contribution in [3.8, 4) is 0 Å². The fourth-order valence-corrected chi connectivity index (χ4v) is 3.14. The number of amides is 2. The molecule has 1 aliphatic rings. The second-order valence-electron chi connectivity index (χ2n) is 6.36. The highest BCUT2D eigenvalue weighted by Crippen LogP contribution is 2.21. The number of nitrogens with two attached hydrogens (primary N) is 1. The molecule has 130 valence electrons. The SMILES string of the molecule is Nc1ccccc1C(=O)N1CCC(C(=O)NCc2ccccc2)CC1. The Morgan fingerprint density at radius 3 is 2.32 bits per heavy atom. The fourth-order valence-electron chi connectivity index (χ4n) is 3.14. The minimum atomic E-state index is -0.0544. The average molecular weight is 337 g/mol. The first-order valence-electron chi connectivity index (χ1n) is 8.60. The summed E-state index contributed by atoms with van der Waals surface area (Å²) in [6, 6.07) is 17.0. The monoisotopic (exact) mass is 337 g/mol. The molecule has 2 aromatic rings. The van der Waals surface area contributed by atoms with E-state index in [2.05, 4.69) is 5.32 Å². The molecule has 0 aromatic heterocycles. The first-order chi connectivity index (χ1) is 12.1. The van der Waals surface area contributed by atoms with Gasteiger partial charge in [-0.1, -0.05) is 42.5 Å². The number of benzene rings is 2. The Balaban J connectivity index is 1.50. The van der Waals surface area contributed by atoms with Crippen molar-refractivity contribution in [2.75, 3.05) is 18.8 Å². The van der Waals surface area contributed by atoms with Crippen molar-refractivity contribution in [2.45, 2.75) is 19.4 Å². The number of piperidine rings is 1. The summed E-state index contributed by atoms with van der Waals surface area (Å²) in [4.78, 5) is 26.7. The van der Waals surface area contributed by atoms with Crippen LogP contribution in [0.3, 0.4) is 0 Å². The summed E-state index contributed by atoms with van der Waals surface area (Å²) >= 11 is 0. The van der Waals surface area contributed by atoms with Gasteiger partial charge >= 0.3 is 0 Å². The van der Waals surface area contributed by atoms with E-state index in [1.54, 1.807) is 17.0 Å². The van der Waals surface area contributed by atoms with Crippen LogP contribution in [0.25, 0.3) is 0 Å². The molecule has 1 aliphatic heterocycles. The number of nitrogen functional groups attached to an aromatic ring is 1. The molecule has 0 bridgehead atoms. The predicted octanol–water partition coefficient (Wildman–Crippen LogP) is 2.44. The minimum absolute atomic E-state index is 0.0408. The number of hydrogen-bond acceptors (Lipinski definition) is 3. The van der Waals surface area contributed by atoms with Crippen LogP contribution in [0.1, 0.15) is 28.8 Å². The number of nitrogens with zero attached hydrogens (tertiary/aromatic N) is 1. The van der Waals surface area contributed by atoms with Crippen molar-refractivity contribution in [1.82, 2.24) is 10.2 Å². The number of hydrogen-bond donors (Lipinski definition) is 2. The van der Waals surface area contributed by atoms with Crippen LogP contribution >= 0.6 is 0 Å². The van der Waals surface area contributed by atoms with Gasteiger partial charge in [0.05, 0.1) is 5.56 Å². The van der Waals surface area contributed by atoms with Gasteiger partial charge in [0.1, 0.15) is 0 Å². The lowest BCUT2D eigenvalue weighted by atomic mass is 9.95. The first-order valence-corrected chi connectivity index (χ1v) is 8.60. The van der Waals surface area contributed by atoms with Crippen molar-refractivity contribution < 1.29 is 9.59 Å². The summed E-state index contributed by atoms with van der Waals surface area (Å²) in [5.74, 6) is -0.0303. The van der Waals surface area contributed by atoms with Gasteiger partial charge < -0.3 is 16.0 Å². The Morgan fingerprint density at radius 2 is 1.64 bits per heavy atom. The van der Waals surface area contributed by atoms with Crippen molar-refractivity contribution >= 4 is 17.5 Å². The van der Waals surface area contributed by atoms with Gasteiger partial charge in [-0.3, -0.25) is 9.59 Å². The van der Waals surface area contributed by atoms with E-state index in [9.17, 15) is 9.59 Å². The van der Waals surface area contributed by atoms with Crippen LogP contribution in [-0.2, 0) is 11.3 Å². The number of nitrogens with one attached hydrogen (secondary N) is 1. The van der Waals surface area contributed by atoms with E-state index >= 15 is 0 Å². The number of carbonyl (C=O) groups is 2. The molecule has 0 unspecified atom stereocenters. The number of carbonyl (C=O) groups excluding carboxylic acids is 2. The highest BCUT2D eigenvalue weighted by atomic mass is 16.2. The third-order valence-corrected chi connectivity index (χ3v) is 4.65. The third kappa shape index (κ3) is 4.18. The van der Waals surface area contributed by atoms with Crippen molar-refractivity contribution in [2.24, 2.45) is 5.92 Å². The Kier molecular flexibility index (Phi) is 5.33. The van der Waals surface area contributed by atoms with E-state index in [0.717, 1.165) is 5.56 Å². The van der Waals surface area contributed by atoms with Crippen molar-refractivity contribution in [3.63, 3.8) is 0 Å². The lowest BCUT2D eigenvalue weighted by Gasteiger charge is -2.31. The Morgan fingerprint density at radius 1 is 1.00 bits per heavy atom. The molecule has 1 heterocycles. The van der Waals surface area contributed by atoms with Crippen LogP contribution in [0.15, 0.2) is 54.6 Å². The van der Waals surface area contributed by atoms with E-state index < -0.39 is 0 Å². The van der Waals surface area contributed by atoms with Crippen LogP contribution in [0, 0.1) is 5.92 Å². The molecule has 0 spiro atoms. The number of rotatable bonds is 4. The topological polar surface area (TPSA) is 75.4 Å². The van der Waals surface area contributed by atoms with E-state index in [0.29, 0.717) is 43.7 Å². The summed E-state index contributed by atoms with van der Waals surface area (Å²) in [5, 5.41) is 2.99.